The molecule has 1 saturated heterocycles. The van der Waals surface area contributed by atoms with Crippen LogP contribution in [0.15, 0.2) is 56.2 Å². The van der Waals surface area contributed by atoms with Crippen molar-refractivity contribution < 1.29 is 9.53 Å². The maximum Gasteiger partial charge on any atom is 0.269 e. The minimum absolute atomic E-state index is 0.0253. The van der Waals surface area contributed by atoms with E-state index in [1.807, 2.05) is 44.3 Å². The minimum Gasteiger partial charge on any atom is -0.497 e. The number of likely N-dealkylation sites (N-methyl/N-ethyl adjacent to an activating group) is 1. The summed E-state index contributed by atoms with van der Waals surface area (Å²) in [4.78, 5) is 23.2. The number of rotatable bonds is 2. The van der Waals surface area contributed by atoms with Crippen LogP contribution in [0.5, 0.6) is 5.75 Å². The second kappa shape index (κ2) is 7.22. The van der Waals surface area contributed by atoms with Gasteiger partial charge in [-0.05, 0) is 49.4 Å². The lowest BCUT2D eigenvalue weighted by Crippen LogP contribution is -2.24. The van der Waals surface area contributed by atoms with Crippen LogP contribution in [0.1, 0.15) is 11.1 Å². The molecule has 0 radical (unpaired) electrons. The highest BCUT2D eigenvalue weighted by Gasteiger charge is 2.37. The Hall–Kier alpha value is -2.38. The molecule has 28 heavy (non-hydrogen) atoms. The van der Waals surface area contributed by atoms with Crippen molar-refractivity contribution in [2.45, 2.75) is 18.7 Å². The van der Waals surface area contributed by atoms with E-state index in [4.69, 9.17) is 9.73 Å². The normalized spacial score (nSPS) is 20.3. The van der Waals surface area contributed by atoms with Crippen LogP contribution in [0.3, 0.4) is 0 Å². The number of aliphatic imine (C=N–C) groups is 1. The Morgan fingerprint density at radius 3 is 2.50 bits per heavy atom. The molecule has 0 aliphatic carbocycles. The average Bonchev–Trinajstić information content (AvgIpc) is 3.15. The lowest BCUT2D eigenvalue weighted by Gasteiger charge is -2.15. The fourth-order valence-corrected chi connectivity index (χ4v) is 5.47. The lowest BCUT2D eigenvalue weighted by atomic mass is 10.1. The number of hydrogen-bond acceptors (Lipinski definition) is 6. The molecule has 0 bridgehead atoms. The van der Waals surface area contributed by atoms with Crippen molar-refractivity contribution >= 4 is 46.0 Å². The zero-order valence-corrected chi connectivity index (χ0v) is 18.1. The number of hydrogen-bond donors (Lipinski definition) is 0. The van der Waals surface area contributed by atoms with Gasteiger partial charge in [-0.25, -0.2) is 4.99 Å². The van der Waals surface area contributed by atoms with Gasteiger partial charge in [0.25, 0.3) is 5.91 Å². The van der Waals surface area contributed by atoms with Gasteiger partial charge >= 0.3 is 0 Å². The number of carbonyl (C=O) groups excluding carboxylic acids is 1. The van der Waals surface area contributed by atoms with Crippen molar-refractivity contribution in [2.75, 3.05) is 26.1 Å². The third-order valence-electron chi connectivity index (χ3n) is 4.78. The van der Waals surface area contributed by atoms with E-state index in [0.717, 1.165) is 32.6 Å². The van der Waals surface area contributed by atoms with Gasteiger partial charge in [-0.1, -0.05) is 29.5 Å². The SMILES string of the molecule is COc1ccc2c(c1)N(C)/C(=C1/SC(=Nc3ccc(C)cc3C)N(C)C1=O)S2. The Bertz CT molecular complexity index is 1050. The standard InChI is InChI=1S/C21H21N3O2S2/c1-12-6-8-15(13(2)10-12)22-21-24(4)19(25)18(28-21)20-23(3)16-11-14(26-5)7-9-17(16)27-20/h6-11H,1-5H3/b20-18-,22-21?. The summed E-state index contributed by atoms with van der Waals surface area (Å²) in [5.41, 5.74) is 4.23. The van der Waals surface area contributed by atoms with Crippen LogP contribution >= 0.6 is 23.5 Å². The number of benzene rings is 2. The molecule has 0 spiro atoms. The number of methoxy groups -OCH3 is 1. The predicted molar refractivity (Wildman–Crippen MR) is 118 cm³/mol. The van der Waals surface area contributed by atoms with Gasteiger partial charge in [0, 0.05) is 25.1 Å². The van der Waals surface area contributed by atoms with Gasteiger partial charge in [-0.15, -0.1) is 0 Å². The number of amidine groups is 1. The number of fused-ring (bicyclic) bond motifs is 1. The lowest BCUT2D eigenvalue weighted by molar-refractivity contribution is -0.121. The number of amides is 1. The smallest absolute Gasteiger partial charge is 0.269 e. The van der Waals surface area contributed by atoms with E-state index in [0.29, 0.717) is 10.1 Å². The molecular formula is C21H21N3O2S2. The van der Waals surface area contributed by atoms with E-state index in [1.54, 1.807) is 30.8 Å². The van der Waals surface area contributed by atoms with Crippen molar-refractivity contribution in [1.82, 2.24) is 4.90 Å². The molecule has 5 nitrogen and oxygen atoms in total. The largest absolute Gasteiger partial charge is 0.497 e. The zero-order valence-electron chi connectivity index (χ0n) is 16.4. The second-order valence-corrected chi connectivity index (χ2v) is 8.79. The van der Waals surface area contributed by atoms with Crippen LogP contribution in [-0.2, 0) is 4.79 Å². The van der Waals surface area contributed by atoms with Gasteiger partial charge in [-0.2, -0.15) is 0 Å². The van der Waals surface area contributed by atoms with Crippen molar-refractivity contribution in [3.63, 3.8) is 0 Å². The number of nitrogens with zero attached hydrogens (tertiary/aromatic N) is 3. The topological polar surface area (TPSA) is 45.1 Å². The number of aryl methyl sites for hydroxylation is 2. The van der Waals surface area contributed by atoms with Gasteiger partial charge in [0.15, 0.2) is 5.17 Å². The molecule has 0 aromatic heterocycles. The highest BCUT2D eigenvalue weighted by atomic mass is 32.2. The first-order chi connectivity index (χ1) is 13.4. The third kappa shape index (κ3) is 3.18. The summed E-state index contributed by atoms with van der Waals surface area (Å²) in [6.45, 7) is 4.10. The number of anilines is 1. The fraction of sp³-hybridized carbons (Fsp3) is 0.238. The molecule has 2 aliphatic rings. The van der Waals surface area contributed by atoms with Crippen LogP contribution in [-0.4, -0.2) is 37.2 Å². The van der Waals surface area contributed by atoms with Crippen LogP contribution in [0, 0.1) is 13.8 Å². The fourth-order valence-electron chi connectivity index (χ4n) is 3.16. The Morgan fingerprint density at radius 1 is 1.00 bits per heavy atom. The van der Waals surface area contributed by atoms with E-state index in [-0.39, 0.29) is 5.91 Å². The average molecular weight is 412 g/mol. The van der Waals surface area contributed by atoms with Crippen molar-refractivity contribution in [3.8, 4) is 5.75 Å². The summed E-state index contributed by atoms with van der Waals surface area (Å²) in [7, 11) is 5.42. The Balaban J connectivity index is 1.70. The summed E-state index contributed by atoms with van der Waals surface area (Å²) >= 11 is 3.04. The van der Waals surface area contributed by atoms with Gasteiger partial charge in [0.2, 0.25) is 0 Å². The molecule has 4 rings (SSSR count). The molecule has 0 saturated carbocycles. The quantitative estimate of drug-likeness (QED) is 0.657. The molecule has 2 aromatic carbocycles. The molecule has 2 heterocycles. The molecule has 1 fully saturated rings. The van der Waals surface area contributed by atoms with Gasteiger partial charge < -0.3 is 9.64 Å². The maximum atomic E-state index is 13.0. The van der Waals surface area contributed by atoms with Crippen molar-refractivity contribution in [3.05, 3.63) is 57.5 Å². The molecule has 7 heteroatoms. The molecular weight excluding hydrogens is 390 g/mol. The summed E-state index contributed by atoms with van der Waals surface area (Å²) < 4.78 is 5.34. The molecule has 0 atom stereocenters. The van der Waals surface area contributed by atoms with Crippen LogP contribution in [0.4, 0.5) is 11.4 Å². The van der Waals surface area contributed by atoms with E-state index >= 15 is 0 Å². The molecule has 144 valence electrons. The van der Waals surface area contributed by atoms with Gasteiger partial charge in [0.05, 0.1) is 23.5 Å². The Morgan fingerprint density at radius 2 is 1.79 bits per heavy atom. The first-order valence-electron chi connectivity index (χ1n) is 8.85. The minimum atomic E-state index is -0.0253. The number of thioether (sulfide) groups is 2. The molecule has 1 amide bonds. The molecule has 0 unspecified atom stereocenters. The predicted octanol–water partition coefficient (Wildman–Crippen LogP) is 4.92. The van der Waals surface area contributed by atoms with E-state index in [9.17, 15) is 4.79 Å². The van der Waals surface area contributed by atoms with Crippen LogP contribution in [0.2, 0.25) is 0 Å². The van der Waals surface area contributed by atoms with E-state index < -0.39 is 0 Å². The highest BCUT2D eigenvalue weighted by molar-refractivity contribution is 8.19. The van der Waals surface area contributed by atoms with Gasteiger partial charge in [-0.3, -0.25) is 9.69 Å². The Kier molecular flexibility index (Phi) is 4.89. The summed E-state index contributed by atoms with van der Waals surface area (Å²) in [5.74, 6) is 0.778. The van der Waals surface area contributed by atoms with Crippen molar-refractivity contribution in [1.29, 1.82) is 0 Å². The highest BCUT2D eigenvalue weighted by Crippen LogP contribution is 2.50. The van der Waals surface area contributed by atoms with E-state index in [2.05, 4.69) is 17.9 Å². The summed E-state index contributed by atoms with van der Waals surface area (Å²) in [6.07, 6.45) is 0. The second-order valence-electron chi connectivity index (χ2n) is 6.78. The first-order valence-corrected chi connectivity index (χ1v) is 10.5. The maximum absolute atomic E-state index is 13.0. The van der Waals surface area contributed by atoms with Crippen LogP contribution in [0.25, 0.3) is 0 Å². The Labute approximate surface area is 173 Å². The van der Waals surface area contributed by atoms with Crippen molar-refractivity contribution in [2.24, 2.45) is 4.99 Å². The van der Waals surface area contributed by atoms with E-state index in [1.165, 1.54) is 17.3 Å². The summed E-state index contributed by atoms with van der Waals surface area (Å²) in [5, 5.41) is 1.62. The molecule has 0 N–H and O–H groups in total. The zero-order chi connectivity index (χ0) is 20.0. The molecule has 2 aromatic rings. The summed E-state index contributed by atoms with van der Waals surface area (Å²) in [6, 6.07) is 12.1. The third-order valence-corrected chi connectivity index (χ3v) is 7.27. The monoisotopic (exact) mass is 411 g/mol. The van der Waals surface area contributed by atoms with Crippen LogP contribution < -0.4 is 9.64 Å². The first kappa shape index (κ1) is 19.0. The van der Waals surface area contributed by atoms with Gasteiger partial charge in [0.1, 0.15) is 10.7 Å². The number of ether oxygens (including phenoxy) is 1. The number of carbonyl (C=O) groups is 1. The molecule has 2 aliphatic heterocycles.